The van der Waals surface area contributed by atoms with E-state index < -0.39 is 0 Å². The number of nitriles is 1. The predicted molar refractivity (Wildman–Crippen MR) is 118 cm³/mol. The Labute approximate surface area is 179 Å². The van der Waals surface area contributed by atoms with Crippen LogP contribution < -0.4 is 15.5 Å². The Hall–Kier alpha value is -3.82. The lowest BCUT2D eigenvalue weighted by Crippen LogP contribution is -2.25. The molecule has 150 valence electrons. The van der Waals surface area contributed by atoms with E-state index in [4.69, 9.17) is 21.6 Å². The fraction of sp³-hybridized carbons (Fsp3) is 0.0870. The number of carbonyl (C=O) groups is 1. The van der Waals surface area contributed by atoms with Gasteiger partial charge < -0.3 is 10.1 Å². The lowest BCUT2D eigenvalue weighted by Gasteiger charge is -2.07. The lowest BCUT2D eigenvalue weighted by molar-refractivity contribution is -0.119. The normalized spacial score (nSPS) is 10.4. The molecule has 0 bridgehead atoms. The molecular formula is C23H19ClN4O2. The average Bonchev–Trinajstić information content (AvgIpc) is 2.78. The average molecular weight is 419 g/mol. The monoisotopic (exact) mass is 418 g/mol. The molecule has 7 heteroatoms. The number of ether oxygens (including phenoxy) is 1. The summed E-state index contributed by atoms with van der Waals surface area (Å²) in [6, 6.07) is 23.8. The second-order valence-electron chi connectivity index (χ2n) is 6.28. The van der Waals surface area contributed by atoms with E-state index in [2.05, 4.69) is 21.9 Å². The van der Waals surface area contributed by atoms with Crippen LogP contribution in [0.1, 0.15) is 16.7 Å². The van der Waals surface area contributed by atoms with E-state index >= 15 is 0 Å². The molecule has 1 amide bonds. The molecule has 2 N–H and O–H groups in total. The quantitative estimate of drug-likeness (QED) is 0.420. The molecule has 0 atom stereocenters. The highest BCUT2D eigenvalue weighted by Gasteiger charge is 2.02. The number of anilines is 1. The van der Waals surface area contributed by atoms with Gasteiger partial charge in [0.25, 0.3) is 5.91 Å². The molecule has 0 aliphatic heterocycles. The first-order valence-corrected chi connectivity index (χ1v) is 9.54. The second-order valence-corrected chi connectivity index (χ2v) is 6.72. The molecule has 0 aliphatic carbocycles. The number of amides is 1. The Bertz CT molecular complexity index is 1060. The summed E-state index contributed by atoms with van der Waals surface area (Å²) in [6.45, 7) is 0.407. The Balaban J connectivity index is 1.44. The molecule has 0 unspecified atom stereocenters. The maximum Gasteiger partial charge on any atom is 0.259 e. The van der Waals surface area contributed by atoms with Crippen molar-refractivity contribution in [1.29, 1.82) is 5.26 Å². The largest absolute Gasteiger partial charge is 0.489 e. The highest BCUT2D eigenvalue weighted by molar-refractivity contribution is 6.30. The van der Waals surface area contributed by atoms with E-state index in [9.17, 15) is 4.79 Å². The highest BCUT2D eigenvalue weighted by atomic mass is 35.5. The van der Waals surface area contributed by atoms with E-state index in [1.165, 1.54) is 0 Å². The fourth-order valence-corrected chi connectivity index (χ4v) is 2.66. The lowest BCUT2D eigenvalue weighted by atomic mass is 10.1. The van der Waals surface area contributed by atoms with Crippen LogP contribution in [0.3, 0.4) is 0 Å². The first kappa shape index (κ1) is 20.9. The van der Waals surface area contributed by atoms with Gasteiger partial charge >= 0.3 is 0 Å². The third-order valence-electron chi connectivity index (χ3n) is 4.11. The molecule has 0 spiro atoms. The van der Waals surface area contributed by atoms with Crippen LogP contribution in [-0.2, 0) is 11.4 Å². The summed E-state index contributed by atoms with van der Waals surface area (Å²) < 4.78 is 5.73. The zero-order valence-electron chi connectivity index (χ0n) is 16.0. The summed E-state index contributed by atoms with van der Waals surface area (Å²) in [6.07, 6.45) is 1.55. The van der Waals surface area contributed by atoms with Crippen molar-refractivity contribution in [2.24, 2.45) is 5.10 Å². The first-order valence-electron chi connectivity index (χ1n) is 9.16. The summed E-state index contributed by atoms with van der Waals surface area (Å²) >= 11 is 5.82. The van der Waals surface area contributed by atoms with Crippen molar-refractivity contribution >= 4 is 29.4 Å². The van der Waals surface area contributed by atoms with Crippen molar-refractivity contribution in [2.45, 2.75) is 6.61 Å². The third-order valence-corrected chi connectivity index (χ3v) is 4.36. The Kier molecular flexibility index (Phi) is 7.42. The summed E-state index contributed by atoms with van der Waals surface area (Å²) in [7, 11) is 0. The van der Waals surface area contributed by atoms with E-state index in [0.29, 0.717) is 22.9 Å². The number of nitrogens with one attached hydrogen (secondary N) is 2. The van der Waals surface area contributed by atoms with Gasteiger partial charge in [-0.05, 0) is 60.2 Å². The summed E-state index contributed by atoms with van der Waals surface area (Å²) in [4.78, 5) is 11.8. The Morgan fingerprint density at radius 3 is 2.53 bits per heavy atom. The number of nitrogens with zero attached hydrogens (tertiary/aromatic N) is 2. The van der Waals surface area contributed by atoms with Gasteiger partial charge in [-0.2, -0.15) is 10.4 Å². The number of hydrazone groups is 1. The fourth-order valence-electron chi connectivity index (χ4n) is 2.53. The van der Waals surface area contributed by atoms with Gasteiger partial charge in [-0.1, -0.05) is 29.8 Å². The molecule has 0 aromatic heterocycles. The molecule has 3 aromatic rings. The third kappa shape index (κ3) is 6.36. The van der Waals surface area contributed by atoms with Crippen LogP contribution >= 0.6 is 11.6 Å². The van der Waals surface area contributed by atoms with E-state index in [0.717, 1.165) is 16.8 Å². The van der Waals surface area contributed by atoms with Crippen LogP contribution in [0.4, 0.5) is 5.69 Å². The molecule has 3 rings (SSSR count). The molecule has 0 fully saturated rings. The number of carbonyl (C=O) groups excluding carboxylic acids is 1. The van der Waals surface area contributed by atoms with Gasteiger partial charge in [-0.3, -0.25) is 4.79 Å². The number of halogens is 1. The minimum atomic E-state index is -0.266. The molecule has 0 radical (unpaired) electrons. The van der Waals surface area contributed by atoms with Crippen LogP contribution in [0, 0.1) is 11.3 Å². The first-order chi connectivity index (χ1) is 14.6. The summed E-state index contributed by atoms with van der Waals surface area (Å²) in [5.74, 6) is 0.411. The minimum absolute atomic E-state index is 0.0932. The predicted octanol–water partition coefficient (Wildman–Crippen LogP) is 4.35. The SMILES string of the molecule is N#Cc1ccccc1COc1ccc(/C=N\NC(=O)CNc2ccc(Cl)cc2)cc1. The van der Waals surface area contributed by atoms with Gasteiger partial charge in [-0.25, -0.2) is 5.43 Å². The number of rotatable bonds is 8. The van der Waals surface area contributed by atoms with E-state index in [1.807, 2.05) is 30.3 Å². The molecule has 6 nitrogen and oxygen atoms in total. The van der Waals surface area contributed by atoms with E-state index in [-0.39, 0.29) is 12.5 Å². The van der Waals surface area contributed by atoms with Crippen molar-refractivity contribution in [3.63, 3.8) is 0 Å². The maximum atomic E-state index is 11.8. The van der Waals surface area contributed by atoms with Gasteiger partial charge in [0, 0.05) is 16.3 Å². The van der Waals surface area contributed by atoms with Crippen molar-refractivity contribution in [2.75, 3.05) is 11.9 Å². The molecule has 0 saturated heterocycles. The number of hydrogen-bond acceptors (Lipinski definition) is 5. The van der Waals surface area contributed by atoms with Gasteiger partial charge in [0.2, 0.25) is 0 Å². The molecule has 30 heavy (non-hydrogen) atoms. The minimum Gasteiger partial charge on any atom is -0.489 e. The molecule has 0 heterocycles. The van der Waals surface area contributed by atoms with Gasteiger partial charge in [0.05, 0.1) is 24.4 Å². The van der Waals surface area contributed by atoms with Crippen LogP contribution in [0.15, 0.2) is 77.9 Å². The summed E-state index contributed by atoms with van der Waals surface area (Å²) in [5.41, 5.74) is 5.51. The maximum absolute atomic E-state index is 11.8. The van der Waals surface area contributed by atoms with Gasteiger partial charge in [-0.15, -0.1) is 0 Å². The molecular weight excluding hydrogens is 400 g/mol. The van der Waals surface area contributed by atoms with E-state index in [1.54, 1.807) is 48.7 Å². The standard InChI is InChI=1S/C23H19ClN4O2/c24-20-7-9-21(10-8-20)26-15-23(29)28-27-14-17-5-11-22(12-6-17)30-16-19-4-2-1-3-18(19)13-25/h1-12,14,26H,15-16H2,(H,28,29)/b27-14-. The smallest absolute Gasteiger partial charge is 0.259 e. The molecule has 3 aromatic carbocycles. The van der Waals surface area contributed by atoms with Gasteiger partial charge in [0.1, 0.15) is 12.4 Å². The zero-order valence-corrected chi connectivity index (χ0v) is 16.8. The molecule has 0 aliphatic rings. The van der Waals surface area contributed by atoms with Crippen LogP contribution in [0.5, 0.6) is 5.75 Å². The number of hydrogen-bond donors (Lipinski definition) is 2. The van der Waals surface area contributed by atoms with Crippen molar-refractivity contribution in [3.05, 3.63) is 94.5 Å². The van der Waals surface area contributed by atoms with Gasteiger partial charge in [0.15, 0.2) is 0 Å². The Morgan fingerprint density at radius 2 is 1.80 bits per heavy atom. The second kappa shape index (κ2) is 10.6. The topological polar surface area (TPSA) is 86.5 Å². The van der Waals surface area contributed by atoms with Crippen molar-refractivity contribution in [3.8, 4) is 11.8 Å². The van der Waals surface area contributed by atoms with Crippen molar-refractivity contribution in [1.82, 2.24) is 5.43 Å². The zero-order chi connectivity index (χ0) is 21.2. The Morgan fingerprint density at radius 1 is 1.07 bits per heavy atom. The van der Waals surface area contributed by atoms with Crippen molar-refractivity contribution < 1.29 is 9.53 Å². The summed E-state index contributed by atoms with van der Waals surface area (Å²) in [5, 5.41) is 16.7. The highest BCUT2D eigenvalue weighted by Crippen LogP contribution is 2.15. The van der Waals surface area contributed by atoms with Crippen LogP contribution in [0.2, 0.25) is 5.02 Å². The van der Waals surface area contributed by atoms with Crippen LogP contribution in [-0.4, -0.2) is 18.7 Å². The number of benzene rings is 3. The van der Waals surface area contributed by atoms with Crippen LogP contribution in [0.25, 0.3) is 0 Å². The molecule has 0 saturated carbocycles.